The Hall–Kier alpha value is -0.840. The van der Waals surface area contributed by atoms with E-state index in [1.54, 1.807) is 4.68 Å². The van der Waals surface area contributed by atoms with Crippen LogP contribution in [0, 0.1) is 13.8 Å². The van der Waals surface area contributed by atoms with Crippen molar-refractivity contribution in [3.05, 3.63) is 15.9 Å². The van der Waals surface area contributed by atoms with Crippen molar-refractivity contribution in [1.29, 1.82) is 0 Å². The third-order valence-corrected chi connectivity index (χ3v) is 4.18. The summed E-state index contributed by atoms with van der Waals surface area (Å²) in [7, 11) is 0. The highest BCUT2D eigenvalue weighted by Gasteiger charge is 2.19. The van der Waals surface area contributed by atoms with Crippen LogP contribution in [0.15, 0.2) is 4.47 Å². The summed E-state index contributed by atoms with van der Waals surface area (Å²) >= 11 is 3.47. The molecule has 0 unspecified atom stereocenters. The first kappa shape index (κ1) is 11.6. The van der Waals surface area contributed by atoms with E-state index in [0.29, 0.717) is 6.54 Å². The van der Waals surface area contributed by atoms with Gasteiger partial charge in [-0.2, -0.15) is 5.10 Å². The molecule has 0 radical (unpaired) electrons. The maximum absolute atomic E-state index is 11.9. The molecule has 0 aliphatic carbocycles. The predicted molar refractivity (Wildman–Crippen MR) is 65.2 cm³/mol. The molecule has 2 rings (SSSR count). The summed E-state index contributed by atoms with van der Waals surface area (Å²) in [5.41, 5.74) is 1.96. The highest BCUT2D eigenvalue weighted by molar-refractivity contribution is 9.10. The number of carbonyl (C=O) groups is 1. The van der Waals surface area contributed by atoms with Gasteiger partial charge in [0.05, 0.1) is 15.9 Å². The van der Waals surface area contributed by atoms with Gasteiger partial charge >= 0.3 is 0 Å². The van der Waals surface area contributed by atoms with Crippen LogP contribution in [0.25, 0.3) is 0 Å². The lowest BCUT2D eigenvalue weighted by Gasteiger charge is -2.15. The molecule has 0 aromatic carbocycles. The van der Waals surface area contributed by atoms with E-state index in [0.717, 1.165) is 41.8 Å². The molecule has 1 saturated heterocycles. The minimum absolute atomic E-state index is 0.176. The van der Waals surface area contributed by atoms with Gasteiger partial charge in [-0.3, -0.25) is 9.48 Å². The van der Waals surface area contributed by atoms with Crippen LogP contribution in [-0.4, -0.2) is 33.7 Å². The third kappa shape index (κ3) is 2.14. The highest BCUT2D eigenvalue weighted by atomic mass is 79.9. The van der Waals surface area contributed by atoms with E-state index >= 15 is 0 Å². The summed E-state index contributed by atoms with van der Waals surface area (Å²) in [5.74, 6) is 0.176. The van der Waals surface area contributed by atoms with E-state index < -0.39 is 0 Å². The smallest absolute Gasteiger partial charge is 0.244 e. The molecule has 1 amide bonds. The molecule has 0 atom stereocenters. The average Bonchev–Trinajstić information content (AvgIpc) is 2.85. The number of carbonyl (C=O) groups excluding carboxylic acids is 1. The molecule has 88 valence electrons. The Labute approximate surface area is 104 Å². The second-order valence-electron chi connectivity index (χ2n) is 4.23. The summed E-state index contributed by atoms with van der Waals surface area (Å²) in [4.78, 5) is 13.9. The second-order valence-corrected chi connectivity index (χ2v) is 5.02. The predicted octanol–water partition coefficient (Wildman–Crippen LogP) is 1.88. The van der Waals surface area contributed by atoms with E-state index in [2.05, 4.69) is 21.0 Å². The third-order valence-electron chi connectivity index (χ3n) is 3.04. The first-order valence-corrected chi connectivity index (χ1v) is 6.36. The summed E-state index contributed by atoms with van der Waals surface area (Å²) in [6, 6.07) is 0. The normalized spacial score (nSPS) is 15.8. The fourth-order valence-electron chi connectivity index (χ4n) is 2.02. The number of hydrogen-bond donors (Lipinski definition) is 0. The summed E-state index contributed by atoms with van der Waals surface area (Å²) in [6.07, 6.45) is 2.26. The van der Waals surface area contributed by atoms with Crippen LogP contribution in [0.1, 0.15) is 24.2 Å². The zero-order valence-electron chi connectivity index (χ0n) is 9.66. The van der Waals surface area contributed by atoms with Crippen molar-refractivity contribution in [1.82, 2.24) is 14.7 Å². The maximum Gasteiger partial charge on any atom is 0.244 e. The molecular weight excluding hydrogens is 270 g/mol. The van der Waals surface area contributed by atoms with Crippen LogP contribution >= 0.6 is 15.9 Å². The number of aryl methyl sites for hydroxylation is 1. The Balaban J connectivity index is 2.08. The van der Waals surface area contributed by atoms with Crippen molar-refractivity contribution in [2.75, 3.05) is 13.1 Å². The SMILES string of the molecule is Cc1nn(CC(=O)N2CCCC2)c(C)c1Br. The Morgan fingerprint density at radius 3 is 2.50 bits per heavy atom. The van der Waals surface area contributed by atoms with Gasteiger partial charge < -0.3 is 4.90 Å². The Morgan fingerprint density at radius 1 is 1.38 bits per heavy atom. The van der Waals surface area contributed by atoms with Crippen LogP contribution in [-0.2, 0) is 11.3 Å². The van der Waals surface area contributed by atoms with Crippen molar-refractivity contribution in [3.63, 3.8) is 0 Å². The van der Waals surface area contributed by atoms with Gasteiger partial charge in [0.25, 0.3) is 0 Å². The number of hydrogen-bond acceptors (Lipinski definition) is 2. The first-order valence-electron chi connectivity index (χ1n) is 5.57. The number of likely N-dealkylation sites (tertiary alicyclic amines) is 1. The maximum atomic E-state index is 11.9. The van der Waals surface area contributed by atoms with Gasteiger partial charge in [-0.25, -0.2) is 0 Å². The number of halogens is 1. The molecule has 0 bridgehead atoms. The minimum atomic E-state index is 0.176. The van der Waals surface area contributed by atoms with Crippen LogP contribution < -0.4 is 0 Å². The largest absolute Gasteiger partial charge is 0.341 e. The fourth-order valence-corrected chi connectivity index (χ4v) is 2.31. The first-order chi connectivity index (χ1) is 7.59. The zero-order valence-corrected chi connectivity index (χ0v) is 11.2. The van der Waals surface area contributed by atoms with Crippen LogP contribution in [0.4, 0.5) is 0 Å². The van der Waals surface area contributed by atoms with Crippen molar-refractivity contribution in [2.45, 2.75) is 33.2 Å². The lowest BCUT2D eigenvalue weighted by atomic mass is 10.4. The molecule has 4 nitrogen and oxygen atoms in total. The van der Waals surface area contributed by atoms with Gasteiger partial charge in [0.2, 0.25) is 5.91 Å². The standard InChI is InChI=1S/C11H16BrN3O/c1-8-11(12)9(2)15(13-8)7-10(16)14-5-3-4-6-14/h3-7H2,1-2H3. The van der Waals surface area contributed by atoms with Crippen molar-refractivity contribution < 1.29 is 4.79 Å². The lowest BCUT2D eigenvalue weighted by Crippen LogP contribution is -2.31. The summed E-state index contributed by atoms with van der Waals surface area (Å²) in [5, 5.41) is 4.34. The lowest BCUT2D eigenvalue weighted by molar-refractivity contribution is -0.130. The number of aromatic nitrogens is 2. The van der Waals surface area contributed by atoms with Crippen LogP contribution in [0.5, 0.6) is 0 Å². The molecule has 0 spiro atoms. The Morgan fingerprint density at radius 2 is 2.00 bits per heavy atom. The van der Waals surface area contributed by atoms with E-state index in [4.69, 9.17) is 0 Å². The molecule has 5 heteroatoms. The van der Waals surface area contributed by atoms with Crippen LogP contribution in [0.2, 0.25) is 0 Å². The number of amides is 1. The molecule has 1 aromatic heterocycles. The van der Waals surface area contributed by atoms with E-state index in [9.17, 15) is 4.79 Å². The minimum Gasteiger partial charge on any atom is -0.341 e. The van der Waals surface area contributed by atoms with Crippen molar-refractivity contribution in [3.8, 4) is 0 Å². The van der Waals surface area contributed by atoms with E-state index in [-0.39, 0.29) is 5.91 Å². The molecule has 1 aromatic rings. The van der Waals surface area contributed by atoms with Gasteiger partial charge in [-0.15, -0.1) is 0 Å². The van der Waals surface area contributed by atoms with Gasteiger partial charge in [0.1, 0.15) is 6.54 Å². The molecule has 1 aliphatic heterocycles. The average molecular weight is 286 g/mol. The zero-order chi connectivity index (χ0) is 11.7. The van der Waals surface area contributed by atoms with E-state index in [1.807, 2.05) is 18.7 Å². The fraction of sp³-hybridized carbons (Fsp3) is 0.636. The van der Waals surface area contributed by atoms with Crippen molar-refractivity contribution in [2.24, 2.45) is 0 Å². The number of nitrogens with zero attached hydrogens (tertiary/aromatic N) is 3. The highest BCUT2D eigenvalue weighted by Crippen LogP contribution is 2.20. The monoisotopic (exact) mass is 285 g/mol. The summed E-state index contributed by atoms with van der Waals surface area (Å²) in [6.45, 7) is 6.08. The molecule has 1 fully saturated rings. The van der Waals surface area contributed by atoms with E-state index in [1.165, 1.54) is 0 Å². The summed E-state index contributed by atoms with van der Waals surface area (Å²) < 4.78 is 2.78. The van der Waals surface area contributed by atoms with Gasteiger partial charge in [-0.05, 0) is 42.6 Å². The Bertz CT molecular complexity index is 408. The number of rotatable bonds is 2. The molecule has 1 aliphatic rings. The van der Waals surface area contributed by atoms with Crippen LogP contribution in [0.3, 0.4) is 0 Å². The second kappa shape index (κ2) is 4.57. The van der Waals surface area contributed by atoms with Gasteiger partial charge in [0, 0.05) is 13.1 Å². The van der Waals surface area contributed by atoms with Gasteiger partial charge in [0.15, 0.2) is 0 Å². The molecular formula is C11H16BrN3O. The molecule has 16 heavy (non-hydrogen) atoms. The topological polar surface area (TPSA) is 38.1 Å². The molecule has 0 N–H and O–H groups in total. The molecule has 0 saturated carbocycles. The van der Waals surface area contributed by atoms with Gasteiger partial charge in [-0.1, -0.05) is 0 Å². The Kier molecular flexibility index (Phi) is 3.33. The van der Waals surface area contributed by atoms with Crippen molar-refractivity contribution >= 4 is 21.8 Å². The molecule has 2 heterocycles. The quantitative estimate of drug-likeness (QED) is 0.832.